The van der Waals surface area contributed by atoms with Crippen molar-refractivity contribution in [3.63, 3.8) is 0 Å². The van der Waals surface area contributed by atoms with Crippen LogP contribution in [0.15, 0.2) is 28.7 Å². The van der Waals surface area contributed by atoms with E-state index in [4.69, 9.17) is 0 Å². The highest BCUT2D eigenvalue weighted by atomic mass is 79.9. The van der Waals surface area contributed by atoms with Gasteiger partial charge in [0.05, 0.1) is 0 Å². The third-order valence-corrected chi connectivity index (χ3v) is 5.68. The molecule has 118 valence electrons. The molecule has 0 saturated heterocycles. The van der Waals surface area contributed by atoms with Crippen molar-refractivity contribution in [2.45, 2.75) is 83.5 Å². The Morgan fingerprint density at radius 2 is 1.48 bits per heavy atom. The maximum absolute atomic E-state index is 3.53. The summed E-state index contributed by atoms with van der Waals surface area (Å²) in [5.41, 5.74) is 1.55. The summed E-state index contributed by atoms with van der Waals surface area (Å²) in [5.74, 6) is 1.83. The highest BCUT2D eigenvalue weighted by Gasteiger charge is 2.21. The minimum Gasteiger partial charge on any atom is -0.0654 e. The molecule has 1 saturated carbocycles. The van der Waals surface area contributed by atoms with E-state index >= 15 is 0 Å². The predicted molar refractivity (Wildman–Crippen MR) is 96.8 cm³/mol. The molecule has 0 aliphatic heterocycles. The van der Waals surface area contributed by atoms with Crippen molar-refractivity contribution in [2.24, 2.45) is 5.92 Å². The van der Waals surface area contributed by atoms with Crippen LogP contribution in [-0.4, -0.2) is 0 Å². The smallest absolute Gasteiger partial charge is 0.0175 e. The van der Waals surface area contributed by atoms with Crippen LogP contribution in [0.1, 0.15) is 89.0 Å². The second-order valence-electron chi connectivity index (χ2n) is 6.83. The maximum atomic E-state index is 3.53. The topological polar surface area (TPSA) is 0 Å². The molecule has 0 heterocycles. The Labute approximate surface area is 139 Å². The monoisotopic (exact) mass is 350 g/mol. The molecule has 1 aromatic carbocycles. The molecule has 0 amide bonds. The number of unbranched alkanes of at least 4 members (excludes halogenated alkanes) is 5. The van der Waals surface area contributed by atoms with Gasteiger partial charge in [-0.05, 0) is 55.2 Å². The van der Waals surface area contributed by atoms with E-state index in [2.05, 4.69) is 47.1 Å². The van der Waals surface area contributed by atoms with Crippen molar-refractivity contribution < 1.29 is 0 Å². The largest absolute Gasteiger partial charge is 0.0654 e. The van der Waals surface area contributed by atoms with Crippen molar-refractivity contribution in [1.82, 2.24) is 0 Å². The number of halogens is 1. The lowest BCUT2D eigenvalue weighted by Crippen LogP contribution is -2.13. The van der Waals surface area contributed by atoms with E-state index < -0.39 is 0 Å². The average Bonchev–Trinajstić information content (AvgIpc) is 2.52. The van der Waals surface area contributed by atoms with Gasteiger partial charge in [-0.25, -0.2) is 0 Å². The van der Waals surface area contributed by atoms with Crippen LogP contribution in [0.2, 0.25) is 0 Å². The van der Waals surface area contributed by atoms with Gasteiger partial charge < -0.3 is 0 Å². The summed E-state index contributed by atoms with van der Waals surface area (Å²) in [5, 5.41) is 0. The second kappa shape index (κ2) is 9.66. The molecule has 1 heteroatoms. The number of benzene rings is 1. The summed E-state index contributed by atoms with van der Waals surface area (Å²) in [6.45, 7) is 2.30. The summed E-state index contributed by atoms with van der Waals surface area (Å²) in [6, 6.07) is 9.00. The molecule has 0 nitrogen and oxygen atoms in total. The van der Waals surface area contributed by atoms with E-state index in [1.54, 1.807) is 5.56 Å². The fourth-order valence-corrected chi connectivity index (χ4v) is 4.00. The van der Waals surface area contributed by atoms with Crippen molar-refractivity contribution in [3.8, 4) is 0 Å². The lowest BCUT2D eigenvalue weighted by molar-refractivity contribution is 0.302. The fourth-order valence-electron chi connectivity index (χ4n) is 3.73. The highest BCUT2D eigenvalue weighted by molar-refractivity contribution is 9.10. The Balaban J connectivity index is 1.61. The van der Waals surface area contributed by atoms with Crippen LogP contribution in [0.5, 0.6) is 0 Å². The van der Waals surface area contributed by atoms with E-state index in [0.29, 0.717) is 0 Å². The summed E-state index contributed by atoms with van der Waals surface area (Å²) in [6.07, 6.45) is 15.8. The van der Waals surface area contributed by atoms with Crippen LogP contribution in [-0.2, 0) is 0 Å². The van der Waals surface area contributed by atoms with E-state index in [1.165, 1.54) is 75.1 Å². The van der Waals surface area contributed by atoms with Gasteiger partial charge in [0.2, 0.25) is 0 Å². The quantitative estimate of drug-likeness (QED) is 0.426. The lowest BCUT2D eigenvalue weighted by atomic mass is 9.77. The third-order valence-electron chi connectivity index (χ3n) is 5.15. The van der Waals surface area contributed by atoms with E-state index in [1.807, 2.05) is 0 Å². The molecule has 0 radical (unpaired) electrons. The van der Waals surface area contributed by atoms with Gasteiger partial charge in [0, 0.05) is 4.47 Å². The summed E-state index contributed by atoms with van der Waals surface area (Å²) < 4.78 is 1.20. The lowest BCUT2D eigenvalue weighted by Gasteiger charge is -2.29. The summed E-state index contributed by atoms with van der Waals surface area (Å²) in [4.78, 5) is 0. The highest BCUT2D eigenvalue weighted by Crippen LogP contribution is 2.38. The predicted octanol–water partition coefficient (Wildman–Crippen LogP) is 7.47. The van der Waals surface area contributed by atoms with Crippen LogP contribution in [0.25, 0.3) is 0 Å². The molecule has 0 spiro atoms. The number of rotatable bonds is 8. The first-order chi connectivity index (χ1) is 10.3. The van der Waals surface area contributed by atoms with Crippen molar-refractivity contribution in [1.29, 1.82) is 0 Å². The standard InChI is InChI=1S/C20H31Br/c1-2-3-4-5-6-7-8-17-9-11-18(12-10-17)19-13-15-20(21)16-14-19/h13-18H,2-12H2,1H3. The van der Waals surface area contributed by atoms with Gasteiger partial charge in [-0.3, -0.25) is 0 Å². The molecule has 1 aromatic rings. The maximum Gasteiger partial charge on any atom is 0.0175 e. The molecular weight excluding hydrogens is 320 g/mol. The molecule has 21 heavy (non-hydrogen) atoms. The Kier molecular flexibility index (Phi) is 7.85. The zero-order valence-electron chi connectivity index (χ0n) is 13.6. The van der Waals surface area contributed by atoms with Gasteiger partial charge in [-0.15, -0.1) is 0 Å². The van der Waals surface area contributed by atoms with Crippen LogP contribution in [0, 0.1) is 5.92 Å². The minimum absolute atomic E-state index is 0.818. The Hall–Kier alpha value is -0.300. The molecule has 2 rings (SSSR count). The van der Waals surface area contributed by atoms with Crippen molar-refractivity contribution >= 4 is 15.9 Å². The molecule has 1 fully saturated rings. The molecule has 0 atom stereocenters. The van der Waals surface area contributed by atoms with Gasteiger partial charge in [0.25, 0.3) is 0 Å². The Morgan fingerprint density at radius 3 is 2.14 bits per heavy atom. The average molecular weight is 351 g/mol. The number of hydrogen-bond acceptors (Lipinski definition) is 0. The second-order valence-corrected chi connectivity index (χ2v) is 7.74. The van der Waals surface area contributed by atoms with Gasteiger partial charge in [0.1, 0.15) is 0 Å². The Morgan fingerprint density at radius 1 is 0.857 bits per heavy atom. The third kappa shape index (κ3) is 6.14. The van der Waals surface area contributed by atoms with Crippen LogP contribution in [0.4, 0.5) is 0 Å². The molecule has 1 aliphatic carbocycles. The van der Waals surface area contributed by atoms with Crippen LogP contribution >= 0.6 is 15.9 Å². The van der Waals surface area contributed by atoms with E-state index in [0.717, 1.165) is 11.8 Å². The summed E-state index contributed by atoms with van der Waals surface area (Å²) >= 11 is 3.53. The van der Waals surface area contributed by atoms with Crippen LogP contribution < -0.4 is 0 Å². The van der Waals surface area contributed by atoms with Crippen LogP contribution in [0.3, 0.4) is 0 Å². The molecule has 0 aromatic heterocycles. The van der Waals surface area contributed by atoms with Crippen molar-refractivity contribution in [2.75, 3.05) is 0 Å². The summed E-state index contributed by atoms with van der Waals surface area (Å²) in [7, 11) is 0. The molecule has 0 unspecified atom stereocenters. The minimum atomic E-state index is 0.818. The van der Waals surface area contributed by atoms with Gasteiger partial charge in [-0.2, -0.15) is 0 Å². The Bertz CT molecular complexity index is 373. The van der Waals surface area contributed by atoms with Crippen molar-refractivity contribution in [3.05, 3.63) is 34.3 Å². The van der Waals surface area contributed by atoms with Gasteiger partial charge in [-0.1, -0.05) is 79.9 Å². The first-order valence-corrected chi connectivity index (χ1v) is 9.84. The fraction of sp³-hybridized carbons (Fsp3) is 0.700. The first-order valence-electron chi connectivity index (χ1n) is 9.05. The molecule has 0 bridgehead atoms. The molecule has 0 N–H and O–H groups in total. The van der Waals surface area contributed by atoms with Gasteiger partial charge in [0.15, 0.2) is 0 Å². The number of hydrogen-bond donors (Lipinski definition) is 0. The normalized spacial score (nSPS) is 22.4. The molecule has 1 aliphatic rings. The van der Waals surface area contributed by atoms with E-state index in [9.17, 15) is 0 Å². The zero-order valence-corrected chi connectivity index (χ0v) is 15.2. The zero-order chi connectivity index (χ0) is 14.9. The SMILES string of the molecule is CCCCCCCCC1CCC(c2ccc(Br)cc2)CC1. The molecular formula is C20H31Br. The van der Waals surface area contributed by atoms with E-state index in [-0.39, 0.29) is 0 Å². The first kappa shape index (κ1) is 17.1. The van der Waals surface area contributed by atoms with Gasteiger partial charge >= 0.3 is 0 Å².